The van der Waals surface area contributed by atoms with E-state index in [1.807, 2.05) is 41.3 Å². The molecule has 0 unspecified atom stereocenters. The van der Waals surface area contributed by atoms with Gasteiger partial charge in [-0.25, -0.2) is 0 Å². The van der Waals surface area contributed by atoms with Gasteiger partial charge in [0.2, 0.25) is 11.7 Å². The van der Waals surface area contributed by atoms with Crippen molar-refractivity contribution in [1.29, 1.82) is 0 Å². The second-order valence-corrected chi connectivity index (χ2v) is 8.75. The average Bonchev–Trinajstić information content (AvgIpc) is 3.24. The highest BCUT2D eigenvalue weighted by Gasteiger charge is 2.29. The third kappa shape index (κ3) is 4.42. The molecule has 2 heterocycles. The van der Waals surface area contributed by atoms with E-state index in [0.29, 0.717) is 29.7 Å². The molecule has 1 aliphatic heterocycles. The summed E-state index contributed by atoms with van der Waals surface area (Å²) in [4.78, 5) is 19.4. The highest BCUT2D eigenvalue weighted by molar-refractivity contribution is 9.10. The normalized spacial score (nSPS) is 17.0. The molecule has 2 aromatic carbocycles. The van der Waals surface area contributed by atoms with E-state index >= 15 is 0 Å². The third-order valence-electron chi connectivity index (χ3n) is 5.43. The highest BCUT2D eigenvalue weighted by Crippen LogP contribution is 2.29. The van der Waals surface area contributed by atoms with E-state index in [9.17, 15) is 4.79 Å². The van der Waals surface area contributed by atoms with E-state index in [4.69, 9.17) is 4.52 Å². The lowest BCUT2D eigenvalue weighted by Crippen LogP contribution is -2.39. The fourth-order valence-electron chi connectivity index (χ4n) is 3.67. The molecular weight excluding hydrogens is 430 g/mol. The summed E-state index contributed by atoms with van der Waals surface area (Å²) in [5.41, 5.74) is 2.93. The number of amides is 1. The van der Waals surface area contributed by atoms with Crippen LogP contribution in [0.1, 0.15) is 60.3 Å². The molecule has 4 rings (SSSR count). The van der Waals surface area contributed by atoms with Crippen LogP contribution in [0.2, 0.25) is 0 Å². The molecule has 3 aromatic rings. The summed E-state index contributed by atoms with van der Waals surface area (Å²) in [5.74, 6) is 1.82. The molecular formula is C23H24BrN3O2. The first-order valence-electron chi connectivity index (χ1n) is 10.00. The van der Waals surface area contributed by atoms with Gasteiger partial charge in [-0.15, -0.1) is 0 Å². The highest BCUT2D eigenvalue weighted by atomic mass is 79.9. The minimum atomic E-state index is 0.0474. The molecule has 1 amide bonds. The summed E-state index contributed by atoms with van der Waals surface area (Å²) < 4.78 is 6.54. The number of hydrogen-bond acceptors (Lipinski definition) is 4. The largest absolute Gasteiger partial charge is 0.339 e. The zero-order valence-electron chi connectivity index (χ0n) is 16.6. The van der Waals surface area contributed by atoms with Gasteiger partial charge in [0.1, 0.15) is 0 Å². The maximum Gasteiger partial charge on any atom is 0.253 e. The Morgan fingerprint density at radius 3 is 2.55 bits per heavy atom. The van der Waals surface area contributed by atoms with Crippen molar-refractivity contribution < 1.29 is 9.32 Å². The lowest BCUT2D eigenvalue weighted by atomic mass is 9.97. The number of piperidine rings is 1. The topological polar surface area (TPSA) is 59.2 Å². The summed E-state index contributed by atoms with van der Waals surface area (Å²) in [6.45, 7) is 5.70. The van der Waals surface area contributed by atoms with Crippen LogP contribution in [0.5, 0.6) is 0 Å². The Kier molecular flexibility index (Phi) is 5.81. The van der Waals surface area contributed by atoms with Crippen LogP contribution in [0.25, 0.3) is 11.4 Å². The van der Waals surface area contributed by atoms with Crippen molar-refractivity contribution in [3.05, 3.63) is 70.0 Å². The van der Waals surface area contributed by atoms with Crippen LogP contribution in [0, 0.1) is 0 Å². The van der Waals surface area contributed by atoms with E-state index in [-0.39, 0.29) is 11.8 Å². The molecule has 0 radical (unpaired) electrons. The van der Waals surface area contributed by atoms with Crippen LogP contribution in [-0.2, 0) is 0 Å². The molecule has 1 aliphatic rings. The lowest BCUT2D eigenvalue weighted by Gasteiger charge is -2.31. The molecule has 1 fully saturated rings. The van der Waals surface area contributed by atoms with Crippen LogP contribution in [0.4, 0.5) is 0 Å². The zero-order chi connectivity index (χ0) is 20.4. The lowest BCUT2D eigenvalue weighted by molar-refractivity contribution is 0.0695. The minimum Gasteiger partial charge on any atom is -0.339 e. The molecule has 6 heteroatoms. The second kappa shape index (κ2) is 8.49. The van der Waals surface area contributed by atoms with Crippen molar-refractivity contribution in [1.82, 2.24) is 15.0 Å². The Balaban J connectivity index is 1.47. The molecule has 1 atom stereocenters. The minimum absolute atomic E-state index is 0.0474. The van der Waals surface area contributed by atoms with E-state index in [2.05, 4.69) is 52.1 Å². The summed E-state index contributed by atoms with van der Waals surface area (Å²) in [7, 11) is 0. The van der Waals surface area contributed by atoms with Gasteiger partial charge in [0.05, 0.1) is 5.92 Å². The first-order chi connectivity index (χ1) is 14.0. The number of likely N-dealkylation sites (tertiary alicyclic amines) is 1. The van der Waals surface area contributed by atoms with Gasteiger partial charge in [-0.05, 0) is 48.6 Å². The first kappa shape index (κ1) is 19.8. The Morgan fingerprint density at radius 1 is 1.14 bits per heavy atom. The van der Waals surface area contributed by atoms with Crippen LogP contribution in [-0.4, -0.2) is 34.0 Å². The Labute approximate surface area is 179 Å². The molecule has 1 aromatic heterocycles. The number of nitrogens with zero attached hydrogens (tertiary/aromatic N) is 3. The Hall–Kier alpha value is -2.47. The van der Waals surface area contributed by atoms with Crippen molar-refractivity contribution in [2.75, 3.05) is 13.1 Å². The number of rotatable bonds is 4. The van der Waals surface area contributed by atoms with Crippen molar-refractivity contribution in [2.45, 2.75) is 38.5 Å². The maximum absolute atomic E-state index is 12.8. The van der Waals surface area contributed by atoms with Gasteiger partial charge in [-0.2, -0.15) is 4.98 Å². The van der Waals surface area contributed by atoms with E-state index in [0.717, 1.165) is 29.4 Å². The summed E-state index contributed by atoms with van der Waals surface area (Å²) in [5, 5.41) is 4.18. The van der Waals surface area contributed by atoms with Crippen LogP contribution in [0.3, 0.4) is 0 Å². The molecule has 0 aliphatic carbocycles. The predicted octanol–water partition coefficient (Wildman–Crippen LogP) is 5.64. The number of halogens is 1. The van der Waals surface area contributed by atoms with Gasteiger partial charge >= 0.3 is 0 Å². The van der Waals surface area contributed by atoms with Crippen molar-refractivity contribution in [2.24, 2.45) is 0 Å². The maximum atomic E-state index is 12.8. The average molecular weight is 454 g/mol. The molecule has 0 saturated carbocycles. The van der Waals surface area contributed by atoms with Crippen LogP contribution < -0.4 is 0 Å². The first-order valence-corrected chi connectivity index (χ1v) is 10.8. The Morgan fingerprint density at radius 2 is 1.86 bits per heavy atom. The fourth-order valence-corrected chi connectivity index (χ4v) is 3.94. The number of hydrogen-bond donors (Lipinski definition) is 0. The number of carbonyl (C=O) groups is 1. The predicted molar refractivity (Wildman–Crippen MR) is 116 cm³/mol. The van der Waals surface area contributed by atoms with E-state index < -0.39 is 0 Å². The van der Waals surface area contributed by atoms with Gasteiger partial charge in [0.25, 0.3) is 5.91 Å². The second-order valence-electron chi connectivity index (χ2n) is 7.83. The van der Waals surface area contributed by atoms with Crippen molar-refractivity contribution in [3.63, 3.8) is 0 Å². The van der Waals surface area contributed by atoms with Crippen LogP contribution >= 0.6 is 15.9 Å². The molecule has 0 bridgehead atoms. The molecule has 29 heavy (non-hydrogen) atoms. The molecule has 0 N–H and O–H groups in total. The molecule has 150 valence electrons. The van der Waals surface area contributed by atoms with Crippen molar-refractivity contribution in [3.8, 4) is 11.4 Å². The number of carbonyl (C=O) groups excluding carboxylic acids is 1. The number of benzene rings is 2. The smallest absolute Gasteiger partial charge is 0.253 e. The van der Waals surface area contributed by atoms with Gasteiger partial charge in [-0.1, -0.05) is 59.2 Å². The van der Waals surface area contributed by atoms with Gasteiger partial charge in [-0.3, -0.25) is 4.79 Å². The zero-order valence-corrected chi connectivity index (χ0v) is 18.2. The van der Waals surface area contributed by atoms with Gasteiger partial charge < -0.3 is 9.42 Å². The monoisotopic (exact) mass is 453 g/mol. The van der Waals surface area contributed by atoms with Gasteiger partial charge in [0, 0.05) is 28.7 Å². The van der Waals surface area contributed by atoms with E-state index in [1.54, 1.807) is 0 Å². The quantitative estimate of drug-likeness (QED) is 0.512. The third-order valence-corrected chi connectivity index (χ3v) is 5.95. The molecule has 5 nitrogen and oxygen atoms in total. The summed E-state index contributed by atoms with van der Waals surface area (Å²) in [6.07, 6.45) is 1.87. The standard InChI is InChI=1S/C23H24BrN3O2/c1-15(2)16-5-7-17(8-6-16)21-25-22(29-26-21)19-4-3-13-27(14-19)23(28)18-9-11-20(24)12-10-18/h5-12,15,19H,3-4,13-14H2,1-2H3/t19-/m1/s1. The molecule has 1 saturated heterocycles. The summed E-state index contributed by atoms with van der Waals surface area (Å²) >= 11 is 3.41. The number of aromatic nitrogens is 2. The fraction of sp³-hybridized carbons (Fsp3) is 0.348. The molecule has 0 spiro atoms. The summed E-state index contributed by atoms with van der Waals surface area (Å²) in [6, 6.07) is 15.8. The van der Waals surface area contributed by atoms with Crippen LogP contribution in [0.15, 0.2) is 57.5 Å². The van der Waals surface area contributed by atoms with Crippen molar-refractivity contribution >= 4 is 21.8 Å². The van der Waals surface area contributed by atoms with E-state index in [1.165, 1.54) is 5.56 Å². The van der Waals surface area contributed by atoms with Gasteiger partial charge in [0.15, 0.2) is 0 Å². The SMILES string of the molecule is CC(C)c1ccc(-c2noc([C@@H]3CCCN(C(=O)c4ccc(Br)cc4)C3)n2)cc1. The Bertz CT molecular complexity index is 980.